The molecule has 0 aliphatic rings. The molecule has 1 aromatic carbocycles. The summed E-state index contributed by atoms with van der Waals surface area (Å²) in [6, 6.07) is 6.58. The summed E-state index contributed by atoms with van der Waals surface area (Å²) in [5.41, 5.74) is 0.563. The van der Waals surface area contributed by atoms with Gasteiger partial charge in [0.25, 0.3) is 0 Å². The van der Waals surface area contributed by atoms with Crippen molar-refractivity contribution in [3.63, 3.8) is 0 Å². The highest BCUT2D eigenvalue weighted by atomic mass is 79.9. The number of esters is 1. The SMILES string of the molecule is COC(=O)c1ccoc1CSc1ccc(Br)c(C(=O)O)c1. The van der Waals surface area contributed by atoms with Crippen molar-refractivity contribution in [2.45, 2.75) is 10.6 Å². The maximum atomic E-state index is 11.5. The van der Waals surface area contributed by atoms with Gasteiger partial charge in [0.05, 0.1) is 24.7 Å². The number of carbonyl (C=O) groups excluding carboxylic acids is 1. The number of methoxy groups -OCH3 is 1. The highest BCUT2D eigenvalue weighted by molar-refractivity contribution is 9.10. The predicted molar refractivity (Wildman–Crippen MR) is 80.7 cm³/mol. The average molecular weight is 371 g/mol. The Hall–Kier alpha value is -1.73. The number of benzene rings is 1. The van der Waals surface area contributed by atoms with Crippen molar-refractivity contribution < 1.29 is 23.8 Å². The second kappa shape index (κ2) is 6.82. The number of hydrogen-bond donors (Lipinski definition) is 1. The van der Waals surface area contributed by atoms with E-state index in [-0.39, 0.29) is 5.56 Å². The van der Waals surface area contributed by atoms with Crippen LogP contribution in [0, 0.1) is 0 Å². The molecule has 5 nitrogen and oxygen atoms in total. The highest BCUT2D eigenvalue weighted by Gasteiger charge is 2.16. The molecule has 110 valence electrons. The van der Waals surface area contributed by atoms with Crippen LogP contribution in [-0.4, -0.2) is 24.2 Å². The Morgan fingerprint density at radius 2 is 2.10 bits per heavy atom. The number of carboxylic acids is 1. The number of aromatic carboxylic acids is 1. The monoisotopic (exact) mass is 370 g/mol. The first-order valence-electron chi connectivity index (χ1n) is 5.83. The van der Waals surface area contributed by atoms with E-state index in [0.29, 0.717) is 21.5 Å². The summed E-state index contributed by atoms with van der Waals surface area (Å²) in [6.45, 7) is 0. The van der Waals surface area contributed by atoms with E-state index < -0.39 is 11.9 Å². The molecule has 0 saturated carbocycles. The topological polar surface area (TPSA) is 76.7 Å². The van der Waals surface area contributed by atoms with E-state index in [1.807, 2.05) is 0 Å². The lowest BCUT2D eigenvalue weighted by Gasteiger charge is -2.04. The second-order valence-corrected chi connectivity index (χ2v) is 5.89. The van der Waals surface area contributed by atoms with Crippen LogP contribution in [0.3, 0.4) is 0 Å². The number of carboxylic acid groups (broad SMARTS) is 1. The summed E-state index contributed by atoms with van der Waals surface area (Å²) in [7, 11) is 1.31. The summed E-state index contributed by atoms with van der Waals surface area (Å²) in [6.07, 6.45) is 1.42. The van der Waals surface area contributed by atoms with Gasteiger partial charge in [0.15, 0.2) is 0 Å². The van der Waals surface area contributed by atoms with Crippen molar-refractivity contribution in [2.75, 3.05) is 7.11 Å². The van der Waals surface area contributed by atoms with Gasteiger partial charge in [0.1, 0.15) is 11.3 Å². The lowest BCUT2D eigenvalue weighted by Crippen LogP contribution is -2.02. The lowest BCUT2D eigenvalue weighted by atomic mass is 10.2. The zero-order chi connectivity index (χ0) is 15.4. The smallest absolute Gasteiger partial charge is 0.341 e. The minimum absolute atomic E-state index is 0.188. The Balaban J connectivity index is 2.14. The largest absolute Gasteiger partial charge is 0.478 e. The molecule has 1 N–H and O–H groups in total. The van der Waals surface area contributed by atoms with E-state index in [1.54, 1.807) is 24.3 Å². The van der Waals surface area contributed by atoms with E-state index in [2.05, 4.69) is 20.7 Å². The fourth-order valence-electron chi connectivity index (χ4n) is 1.65. The van der Waals surface area contributed by atoms with Gasteiger partial charge in [-0.25, -0.2) is 9.59 Å². The van der Waals surface area contributed by atoms with Gasteiger partial charge in [-0.2, -0.15) is 0 Å². The third-order valence-corrected chi connectivity index (χ3v) is 4.37. The second-order valence-electron chi connectivity index (χ2n) is 3.98. The van der Waals surface area contributed by atoms with E-state index in [9.17, 15) is 9.59 Å². The van der Waals surface area contributed by atoms with Gasteiger partial charge < -0.3 is 14.3 Å². The van der Waals surface area contributed by atoms with Gasteiger partial charge in [0, 0.05) is 9.37 Å². The molecule has 0 unspecified atom stereocenters. The molecule has 0 fully saturated rings. The number of rotatable bonds is 5. The van der Waals surface area contributed by atoms with Crippen LogP contribution in [0.25, 0.3) is 0 Å². The Bertz CT molecular complexity index is 680. The minimum atomic E-state index is -1.00. The molecular weight excluding hydrogens is 360 g/mol. The molecule has 7 heteroatoms. The summed E-state index contributed by atoms with van der Waals surface area (Å²) < 4.78 is 10.4. The molecule has 2 rings (SSSR count). The Morgan fingerprint density at radius 3 is 2.76 bits per heavy atom. The highest BCUT2D eigenvalue weighted by Crippen LogP contribution is 2.29. The molecule has 0 bridgehead atoms. The first-order chi connectivity index (χ1) is 10.0. The molecule has 0 atom stereocenters. The van der Waals surface area contributed by atoms with Gasteiger partial charge in [-0.05, 0) is 40.2 Å². The Labute approximate surface area is 133 Å². The maximum absolute atomic E-state index is 11.5. The molecule has 1 heterocycles. The van der Waals surface area contributed by atoms with Gasteiger partial charge in [-0.15, -0.1) is 11.8 Å². The molecule has 2 aromatic rings. The van der Waals surface area contributed by atoms with Crippen LogP contribution in [0.2, 0.25) is 0 Å². The van der Waals surface area contributed by atoms with Crippen molar-refractivity contribution in [3.8, 4) is 0 Å². The Morgan fingerprint density at radius 1 is 1.33 bits per heavy atom. The van der Waals surface area contributed by atoms with Crippen LogP contribution in [0.1, 0.15) is 26.5 Å². The third kappa shape index (κ3) is 3.68. The fourth-order valence-corrected chi connectivity index (χ4v) is 2.95. The van der Waals surface area contributed by atoms with Crippen LogP contribution in [-0.2, 0) is 10.5 Å². The summed E-state index contributed by atoms with van der Waals surface area (Å²) in [5.74, 6) is -0.566. The van der Waals surface area contributed by atoms with E-state index in [4.69, 9.17) is 9.52 Å². The van der Waals surface area contributed by atoms with Gasteiger partial charge in [0.2, 0.25) is 0 Å². The van der Waals surface area contributed by atoms with Crippen LogP contribution >= 0.6 is 27.7 Å². The maximum Gasteiger partial charge on any atom is 0.341 e. The minimum Gasteiger partial charge on any atom is -0.478 e. The average Bonchev–Trinajstić information content (AvgIpc) is 2.93. The number of halogens is 1. The molecular formula is C14H11BrO5S. The van der Waals surface area contributed by atoms with E-state index >= 15 is 0 Å². The number of furan rings is 1. The zero-order valence-corrected chi connectivity index (χ0v) is 13.4. The van der Waals surface area contributed by atoms with Gasteiger partial charge >= 0.3 is 11.9 Å². The lowest BCUT2D eigenvalue weighted by molar-refractivity contribution is 0.0597. The first kappa shape index (κ1) is 15.7. The molecule has 0 aliphatic heterocycles. The van der Waals surface area contributed by atoms with Crippen LogP contribution in [0.15, 0.2) is 44.3 Å². The van der Waals surface area contributed by atoms with Crippen molar-refractivity contribution in [1.29, 1.82) is 0 Å². The zero-order valence-electron chi connectivity index (χ0n) is 11.0. The summed E-state index contributed by atoms with van der Waals surface area (Å²) in [4.78, 5) is 23.4. The molecule has 0 spiro atoms. The van der Waals surface area contributed by atoms with Crippen molar-refractivity contribution in [2.24, 2.45) is 0 Å². The number of hydrogen-bond acceptors (Lipinski definition) is 5. The van der Waals surface area contributed by atoms with Gasteiger partial charge in [-0.1, -0.05) is 0 Å². The van der Waals surface area contributed by atoms with Gasteiger partial charge in [-0.3, -0.25) is 0 Å². The fraction of sp³-hybridized carbons (Fsp3) is 0.143. The van der Waals surface area contributed by atoms with E-state index in [1.165, 1.54) is 25.1 Å². The molecule has 21 heavy (non-hydrogen) atoms. The molecule has 0 aliphatic carbocycles. The standard InChI is InChI=1S/C14H11BrO5S/c1-19-14(18)9-4-5-20-12(9)7-21-8-2-3-11(15)10(6-8)13(16)17/h2-6H,7H2,1H3,(H,16,17). The van der Waals surface area contributed by atoms with Crippen LogP contribution in [0.5, 0.6) is 0 Å². The molecule has 0 amide bonds. The summed E-state index contributed by atoms with van der Waals surface area (Å²) in [5, 5.41) is 9.07. The normalized spacial score (nSPS) is 10.4. The molecule has 0 radical (unpaired) electrons. The first-order valence-corrected chi connectivity index (χ1v) is 7.61. The van der Waals surface area contributed by atoms with Crippen molar-refractivity contribution >= 4 is 39.6 Å². The number of thioether (sulfide) groups is 1. The van der Waals surface area contributed by atoms with Crippen LogP contribution in [0.4, 0.5) is 0 Å². The quantitative estimate of drug-likeness (QED) is 0.636. The van der Waals surface area contributed by atoms with Crippen LogP contribution < -0.4 is 0 Å². The molecule has 1 aromatic heterocycles. The number of carbonyl (C=O) groups is 2. The van der Waals surface area contributed by atoms with E-state index in [0.717, 1.165) is 4.90 Å². The van der Waals surface area contributed by atoms with Crippen molar-refractivity contribution in [3.05, 3.63) is 51.9 Å². The van der Waals surface area contributed by atoms with Crippen molar-refractivity contribution in [1.82, 2.24) is 0 Å². The number of ether oxygens (including phenoxy) is 1. The third-order valence-electron chi connectivity index (χ3n) is 2.69. The Kier molecular flexibility index (Phi) is 5.08. The molecule has 0 saturated heterocycles. The predicted octanol–water partition coefficient (Wildman–Crippen LogP) is 3.82. The summed E-state index contributed by atoms with van der Waals surface area (Å²) >= 11 is 4.57.